The largest absolute Gasteiger partial charge is 0.328 e. The minimum atomic E-state index is -0.183. The van der Waals surface area contributed by atoms with Crippen molar-refractivity contribution in [3.05, 3.63) is 24.8 Å². The molecule has 10 heteroatoms. The monoisotopic (exact) mass is 361 g/mol. The molecule has 0 radical (unpaired) electrons. The van der Waals surface area contributed by atoms with Gasteiger partial charge in [0.1, 0.15) is 19.0 Å². The Labute approximate surface area is 153 Å². The van der Waals surface area contributed by atoms with Gasteiger partial charge < -0.3 is 14.8 Å². The van der Waals surface area contributed by atoms with E-state index in [-0.39, 0.29) is 18.1 Å². The number of piperazine rings is 1. The maximum absolute atomic E-state index is 12.6. The van der Waals surface area contributed by atoms with E-state index in [9.17, 15) is 4.79 Å². The summed E-state index contributed by atoms with van der Waals surface area (Å²) in [5.74, 6) is 0.778. The summed E-state index contributed by atoms with van der Waals surface area (Å²) in [6, 6.07) is 0.0253. The number of amides is 2. The van der Waals surface area contributed by atoms with E-state index in [0.29, 0.717) is 13.1 Å². The van der Waals surface area contributed by atoms with E-state index in [2.05, 4.69) is 44.3 Å². The van der Waals surface area contributed by atoms with Crippen LogP contribution in [0.5, 0.6) is 0 Å². The summed E-state index contributed by atoms with van der Waals surface area (Å²) in [4.78, 5) is 20.7. The smallest absolute Gasteiger partial charge is 0.318 e. The van der Waals surface area contributed by atoms with E-state index in [1.54, 1.807) is 19.0 Å². The Morgan fingerprint density at radius 1 is 1.15 bits per heavy atom. The third-order valence-electron chi connectivity index (χ3n) is 4.66. The first-order chi connectivity index (χ1) is 12.5. The first-order valence-electron chi connectivity index (χ1n) is 9.04. The average Bonchev–Trinajstić information content (AvgIpc) is 3.31. The Morgan fingerprint density at radius 3 is 2.58 bits per heavy atom. The molecule has 3 heterocycles. The summed E-state index contributed by atoms with van der Waals surface area (Å²) >= 11 is 0. The van der Waals surface area contributed by atoms with Crippen LogP contribution in [0.2, 0.25) is 0 Å². The quantitative estimate of drug-likeness (QED) is 0.806. The molecule has 1 aliphatic heterocycles. The highest BCUT2D eigenvalue weighted by Gasteiger charge is 2.24. The van der Waals surface area contributed by atoms with E-state index in [4.69, 9.17) is 0 Å². The molecule has 1 atom stereocenters. The molecule has 1 N–H and O–H groups in total. The molecule has 10 nitrogen and oxygen atoms in total. The molecule has 2 amide bonds. The van der Waals surface area contributed by atoms with Crippen LogP contribution in [-0.4, -0.2) is 78.1 Å². The molecular weight excluding hydrogens is 334 g/mol. The van der Waals surface area contributed by atoms with Crippen molar-refractivity contribution in [2.24, 2.45) is 0 Å². The highest BCUT2D eigenvalue weighted by molar-refractivity contribution is 5.74. The SMILES string of the molecule is CC(C)n1cnnc1[C@@H](C)NC(=O)N1CCN(CCn2cncn2)CC1. The number of hydrogen-bond acceptors (Lipinski definition) is 6. The lowest BCUT2D eigenvalue weighted by Gasteiger charge is -2.35. The first kappa shape index (κ1) is 18.3. The fraction of sp³-hybridized carbons (Fsp3) is 0.688. The summed E-state index contributed by atoms with van der Waals surface area (Å²) < 4.78 is 3.80. The fourth-order valence-corrected chi connectivity index (χ4v) is 3.07. The molecule has 1 aliphatic rings. The second-order valence-electron chi connectivity index (χ2n) is 6.85. The Morgan fingerprint density at radius 2 is 1.92 bits per heavy atom. The van der Waals surface area contributed by atoms with Crippen molar-refractivity contribution >= 4 is 6.03 Å². The van der Waals surface area contributed by atoms with E-state index >= 15 is 0 Å². The van der Waals surface area contributed by atoms with Crippen LogP contribution in [0.25, 0.3) is 0 Å². The van der Waals surface area contributed by atoms with Gasteiger partial charge >= 0.3 is 6.03 Å². The zero-order chi connectivity index (χ0) is 18.5. The van der Waals surface area contributed by atoms with Crippen molar-refractivity contribution in [3.8, 4) is 0 Å². The summed E-state index contributed by atoms with van der Waals surface area (Å²) in [6.45, 7) is 11.0. The molecule has 0 spiro atoms. The summed E-state index contributed by atoms with van der Waals surface area (Å²) in [5.41, 5.74) is 0. The van der Waals surface area contributed by atoms with Crippen LogP contribution >= 0.6 is 0 Å². The normalized spacial score (nSPS) is 16.8. The molecule has 0 saturated carbocycles. The second kappa shape index (κ2) is 8.26. The molecule has 0 aliphatic carbocycles. The maximum Gasteiger partial charge on any atom is 0.318 e. The van der Waals surface area contributed by atoms with E-state index in [0.717, 1.165) is 32.0 Å². The number of hydrogen-bond donors (Lipinski definition) is 1. The van der Waals surface area contributed by atoms with Gasteiger partial charge in [-0.25, -0.2) is 9.78 Å². The Balaban J connectivity index is 1.45. The van der Waals surface area contributed by atoms with Crippen molar-refractivity contribution in [2.75, 3.05) is 32.7 Å². The van der Waals surface area contributed by atoms with Crippen LogP contribution < -0.4 is 5.32 Å². The highest BCUT2D eigenvalue weighted by atomic mass is 16.2. The second-order valence-corrected chi connectivity index (χ2v) is 6.85. The molecule has 3 rings (SSSR count). The number of carbonyl (C=O) groups is 1. The zero-order valence-electron chi connectivity index (χ0n) is 15.6. The third kappa shape index (κ3) is 4.37. The van der Waals surface area contributed by atoms with Crippen molar-refractivity contribution in [1.29, 1.82) is 0 Å². The van der Waals surface area contributed by atoms with E-state index in [1.807, 2.05) is 21.1 Å². The summed E-state index contributed by atoms with van der Waals surface area (Å²) in [7, 11) is 0. The van der Waals surface area contributed by atoms with Gasteiger partial charge in [0.2, 0.25) is 0 Å². The Hall–Kier alpha value is -2.49. The van der Waals surface area contributed by atoms with E-state index in [1.165, 1.54) is 0 Å². The highest BCUT2D eigenvalue weighted by Crippen LogP contribution is 2.14. The van der Waals surface area contributed by atoms with Crippen molar-refractivity contribution in [3.63, 3.8) is 0 Å². The number of carbonyl (C=O) groups excluding carboxylic acids is 1. The molecular formula is C16H27N9O. The molecule has 0 aromatic carbocycles. The Kier molecular flexibility index (Phi) is 5.82. The summed E-state index contributed by atoms with van der Waals surface area (Å²) in [5, 5.41) is 15.3. The van der Waals surface area contributed by atoms with Crippen LogP contribution in [0.1, 0.15) is 38.7 Å². The van der Waals surface area contributed by atoms with Gasteiger partial charge in [0, 0.05) is 38.8 Å². The van der Waals surface area contributed by atoms with Crippen molar-refractivity contribution in [1.82, 2.24) is 44.6 Å². The van der Waals surface area contributed by atoms with Crippen molar-refractivity contribution in [2.45, 2.75) is 39.4 Å². The average molecular weight is 361 g/mol. The van der Waals surface area contributed by atoms with E-state index < -0.39 is 0 Å². The lowest BCUT2D eigenvalue weighted by atomic mass is 10.2. The standard InChI is InChI=1S/C16H27N9O/c1-13(2)25-12-18-21-15(25)14(3)20-16(26)23-7-4-22(5-8-23)6-9-24-11-17-10-19-24/h10-14H,4-9H2,1-3H3,(H,20,26)/t14-/m1/s1. The van der Waals surface area contributed by atoms with Crippen LogP contribution in [0, 0.1) is 0 Å². The van der Waals surface area contributed by atoms with Crippen LogP contribution in [0.15, 0.2) is 19.0 Å². The van der Waals surface area contributed by atoms with Gasteiger partial charge in [-0.2, -0.15) is 5.10 Å². The van der Waals surface area contributed by atoms with Crippen LogP contribution in [0.4, 0.5) is 4.79 Å². The molecule has 2 aromatic rings. The number of rotatable bonds is 6. The van der Waals surface area contributed by atoms with Gasteiger partial charge in [0.25, 0.3) is 0 Å². The molecule has 0 unspecified atom stereocenters. The zero-order valence-corrected chi connectivity index (χ0v) is 15.6. The van der Waals surface area contributed by atoms with Gasteiger partial charge in [-0.1, -0.05) is 0 Å². The minimum Gasteiger partial charge on any atom is -0.328 e. The van der Waals surface area contributed by atoms with Gasteiger partial charge in [-0.15, -0.1) is 10.2 Å². The molecule has 1 fully saturated rings. The predicted molar refractivity (Wildman–Crippen MR) is 95.4 cm³/mol. The minimum absolute atomic E-state index is 0.0493. The molecule has 26 heavy (non-hydrogen) atoms. The molecule has 142 valence electrons. The topological polar surface area (TPSA) is 97.0 Å². The number of urea groups is 1. The first-order valence-corrected chi connectivity index (χ1v) is 9.04. The predicted octanol–water partition coefficient (Wildman–Crippen LogP) is 0.539. The number of nitrogens with one attached hydrogen (secondary N) is 1. The van der Waals surface area contributed by atoms with Gasteiger partial charge in [0.15, 0.2) is 5.82 Å². The molecule has 0 bridgehead atoms. The maximum atomic E-state index is 12.6. The van der Waals surface area contributed by atoms with Crippen LogP contribution in [-0.2, 0) is 6.54 Å². The lowest BCUT2D eigenvalue weighted by molar-refractivity contribution is 0.134. The van der Waals surface area contributed by atoms with Crippen LogP contribution in [0.3, 0.4) is 0 Å². The molecule has 2 aromatic heterocycles. The Bertz CT molecular complexity index is 688. The van der Waals surface area contributed by atoms with Gasteiger partial charge in [0.05, 0.1) is 12.6 Å². The summed E-state index contributed by atoms with van der Waals surface area (Å²) in [6.07, 6.45) is 4.97. The number of nitrogens with zero attached hydrogens (tertiary/aromatic N) is 8. The van der Waals surface area contributed by atoms with Crippen molar-refractivity contribution < 1.29 is 4.79 Å². The molecule has 1 saturated heterocycles. The third-order valence-corrected chi connectivity index (χ3v) is 4.66. The van der Waals surface area contributed by atoms with Gasteiger partial charge in [-0.3, -0.25) is 9.58 Å². The van der Waals surface area contributed by atoms with Gasteiger partial charge in [-0.05, 0) is 20.8 Å². The fourth-order valence-electron chi connectivity index (χ4n) is 3.07. The lowest BCUT2D eigenvalue weighted by Crippen LogP contribution is -2.52. The number of aromatic nitrogens is 6.